The van der Waals surface area contributed by atoms with Crippen molar-refractivity contribution in [2.45, 2.75) is 25.8 Å². The topological polar surface area (TPSA) is 79.4 Å². The molecule has 1 aromatic rings. The molecule has 1 aliphatic heterocycles. The van der Waals surface area contributed by atoms with Crippen molar-refractivity contribution in [1.29, 1.82) is 0 Å². The number of rotatable bonds is 5. The van der Waals surface area contributed by atoms with Crippen molar-refractivity contribution < 1.29 is 13.2 Å². The molecular formula is C14H21N3O3S. The number of nitrogens with one attached hydrogen (secondary N) is 1. The average Bonchev–Trinajstić information content (AvgIpc) is 2.84. The highest BCUT2D eigenvalue weighted by molar-refractivity contribution is 7.91. The second kappa shape index (κ2) is 6.43. The SMILES string of the molecule is CCCNc1ccc(C(=O)N(C)C2CCS(=O)(=O)C2)cn1. The van der Waals surface area contributed by atoms with Crippen LogP contribution in [0.2, 0.25) is 0 Å². The van der Waals surface area contributed by atoms with Gasteiger partial charge in [-0.3, -0.25) is 4.79 Å². The Labute approximate surface area is 125 Å². The van der Waals surface area contributed by atoms with Crippen LogP contribution >= 0.6 is 0 Å². The van der Waals surface area contributed by atoms with Gasteiger partial charge in [-0.25, -0.2) is 13.4 Å². The maximum absolute atomic E-state index is 12.3. The highest BCUT2D eigenvalue weighted by Gasteiger charge is 2.33. The summed E-state index contributed by atoms with van der Waals surface area (Å²) < 4.78 is 23.0. The zero-order chi connectivity index (χ0) is 15.5. The minimum absolute atomic E-state index is 0.0544. The van der Waals surface area contributed by atoms with E-state index in [-0.39, 0.29) is 23.5 Å². The smallest absolute Gasteiger partial charge is 0.255 e. The lowest BCUT2D eigenvalue weighted by atomic mass is 10.2. The molecule has 0 spiro atoms. The average molecular weight is 311 g/mol. The molecule has 1 N–H and O–H groups in total. The summed E-state index contributed by atoms with van der Waals surface area (Å²) in [5.41, 5.74) is 0.476. The van der Waals surface area contributed by atoms with Gasteiger partial charge < -0.3 is 10.2 Å². The third-order valence-electron chi connectivity index (χ3n) is 3.64. The zero-order valence-electron chi connectivity index (χ0n) is 12.4. The van der Waals surface area contributed by atoms with E-state index < -0.39 is 9.84 Å². The van der Waals surface area contributed by atoms with Gasteiger partial charge in [-0.05, 0) is 25.0 Å². The molecule has 0 bridgehead atoms. The Hall–Kier alpha value is -1.63. The summed E-state index contributed by atoms with van der Waals surface area (Å²) in [7, 11) is -1.34. The quantitative estimate of drug-likeness (QED) is 0.883. The fraction of sp³-hybridized carbons (Fsp3) is 0.571. The summed E-state index contributed by atoms with van der Waals surface area (Å²) in [5, 5.41) is 3.14. The molecule has 7 heteroatoms. The van der Waals surface area contributed by atoms with Crippen LogP contribution in [-0.2, 0) is 9.84 Å². The number of hydrogen-bond acceptors (Lipinski definition) is 5. The highest BCUT2D eigenvalue weighted by atomic mass is 32.2. The fourth-order valence-electron chi connectivity index (χ4n) is 2.33. The molecule has 1 fully saturated rings. The third kappa shape index (κ3) is 3.93. The Kier molecular flexibility index (Phi) is 4.82. The summed E-state index contributed by atoms with van der Waals surface area (Å²) in [6.07, 6.45) is 3.04. The molecular weight excluding hydrogens is 290 g/mol. The number of nitrogens with zero attached hydrogens (tertiary/aromatic N) is 2. The van der Waals surface area contributed by atoms with Crippen molar-refractivity contribution in [2.24, 2.45) is 0 Å². The van der Waals surface area contributed by atoms with Crippen LogP contribution < -0.4 is 5.32 Å². The van der Waals surface area contributed by atoms with Gasteiger partial charge in [-0.1, -0.05) is 6.92 Å². The molecule has 1 aliphatic rings. The van der Waals surface area contributed by atoms with Crippen LogP contribution in [0.1, 0.15) is 30.1 Å². The highest BCUT2D eigenvalue weighted by Crippen LogP contribution is 2.18. The molecule has 0 aromatic carbocycles. The molecule has 21 heavy (non-hydrogen) atoms. The Balaban J connectivity index is 2.02. The minimum Gasteiger partial charge on any atom is -0.370 e. The Morgan fingerprint density at radius 3 is 2.76 bits per heavy atom. The third-order valence-corrected chi connectivity index (χ3v) is 5.39. The largest absolute Gasteiger partial charge is 0.370 e. The van der Waals surface area contributed by atoms with E-state index in [2.05, 4.69) is 17.2 Å². The van der Waals surface area contributed by atoms with Crippen molar-refractivity contribution in [1.82, 2.24) is 9.88 Å². The maximum Gasteiger partial charge on any atom is 0.255 e. The first-order chi connectivity index (χ1) is 9.93. The summed E-state index contributed by atoms with van der Waals surface area (Å²) in [5.74, 6) is 0.762. The normalized spacial score (nSPS) is 20.2. The molecule has 0 radical (unpaired) electrons. The van der Waals surface area contributed by atoms with Gasteiger partial charge in [-0.2, -0.15) is 0 Å². The molecule has 6 nitrogen and oxygen atoms in total. The molecule has 2 heterocycles. The monoisotopic (exact) mass is 311 g/mol. The maximum atomic E-state index is 12.3. The first-order valence-electron chi connectivity index (χ1n) is 7.10. The Morgan fingerprint density at radius 1 is 1.48 bits per heavy atom. The predicted octanol–water partition coefficient (Wildman–Crippen LogP) is 1.16. The van der Waals surface area contributed by atoms with Gasteiger partial charge in [0, 0.05) is 25.8 Å². The van der Waals surface area contributed by atoms with Crippen molar-refractivity contribution in [3.63, 3.8) is 0 Å². The van der Waals surface area contributed by atoms with E-state index in [0.29, 0.717) is 12.0 Å². The van der Waals surface area contributed by atoms with Crippen molar-refractivity contribution in [3.8, 4) is 0 Å². The lowest BCUT2D eigenvalue weighted by Gasteiger charge is -2.23. The van der Waals surface area contributed by atoms with Crippen LogP contribution in [0.4, 0.5) is 5.82 Å². The van der Waals surface area contributed by atoms with E-state index in [4.69, 9.17) is 0 Å². The van der Waals surface area contributed by atoms with Crippen molar-refractivity contribution in [2.75, 3.05) is 30.4 Å². The number of amides is 1. The molecule has 2 rings (SSSR count). The second-order valence-electron chi connectivity index (χ2n) is 5.33. The Morgan fingerprint density at radius 2 is 2.24 bits per heavy atom. The van der Waals surface area contributed by atoms with Crippen LogP contribution in [0.3, 0.4) is 0 Å². The number of carbonyl (C=O) groups excluding carboxylic acids is 1. The first-order valence-corrected chi connectivity index (χ1v) is 8.92. The van der Waals surface area contributed by atoms with Crippen LogP contribution in [-0.4, -0.2) is 55.3 Å². The first kappa shape index (κ1) is 15.8. The molecule has 116 valence electrons. The number of aromatic nitrogens is 1. The second-order valence-corrected chi connectivity index (χ2v) is 7.56. The molecule has 1 saturated heterocycles. The summed E-state index contributed by atoms with van der Waals surface area (Å²) in [4.78, 5) is 18.1. The van der Waals surface area contributed by atoms with Gasteiger partial charge in [0.2, 0.25) is 0 Å². The van der Waals surface area contributed by atoms with E-state index in [1.54, 1.807) is 19.2 Å². The number of hydrogen-bond donors (Lipinski definition) is 1. The lowest BCUT2D eigenvalue weighted by molar-refractivity contribution is 0.0747. The van der Waals surface area contributed by atoms with Crippen molar-refractivity contribution in [3.05, 3.63) is 23.9 Å². The van der Waals surface area contributed by atoms with E-state index in [0.717, 1.165) is 18.8 Å². The number of carbonyl (C=O) groups is 1. The van der Waals surface area contributed by atoms with Gasteiger partial charge >= 0.3 is 0 Å². The molecule has 0 aliphatic carbocycles. The van der Waals surface area contributed by atoms with Crippen molar-refractivity contribution >= 4 is 21.6 Å². The van der Waals surface area contributed by atoms with E-state index in [1.165, 1.54) is 11.1 Å². The van der Waals surface area contributed by atoms with E-state index in [9.17, 15) is 13.2 Å². The van der Waals surface area contributed by atoms with Gasteiger partial charge in [-0.15, -0.1) is 0 Å². The number of pyridine rings is 1. The molecule has 1 atom stereocenters. The molecule has 1 aromatic heterocycles. The predicted molar refractivity (Wildman–Crippen MR) is 82.2 cm³/mol. The summed E-state index contributed by atoms with van der Waals surface area (Å²) in [6, 6.07) is 3.25. The molecule has 0 saturated carbocycles. The van der Waals surface area contributed by atoms with E-state index >= 15 is 0 Å². The molecule has 1 unspecified atom stereocenters. The van der Waals surface area contributed by atoms with Crippen LogP contribution in [0.5, 0.6) is 0 Å². The van der Waals surface area contributed by atoms with Gasteiger partial charge in [0.25, 0.3) is 5.91 Å². The number of sulfone groups is 1. The number of anilines is 1. The van der Waals surface area contributed by atoms with E-state index in [1.807, 2.05) is 0 Å². The minimum atomic E-state index is -2.99. The van der Waals surface area contributed by atoms with Gasteiger partial charge in [0.1, 0.15) is 5.82 Å². The molecule has 1 amide bonds. The van der Waals surface area contributed by atoms with Gasteiger partial charge in [0.15, 0.2) is 9.84 Å². The summed E-state index contributed by atoms with van der Waals surface area (Å²) >= 11 is 0. The van der Waals surface area contributed by atoms with Crippen LogP contribution in [0.15, 0.2) is 18.3 Å². The fourth-order valence-corrected chi connectivity index (χ4v) is 4.10. The Bertz CT molecular complexity index is 598. The standard InChI is InChI=1S/C14H21N3O3S/c1-3-7-15-13-5-4-11(9-16-13)14(18)17(2)12-6-8-21(19,20)10-12/h4-5,9,12H,3,6-8,10H2,1-2H3,(H,15,16). The van der Waals surface area contributed by atoms with Gasteiger partial charge in [0.05, 0.1) is 17.1 Å². The zero-order valence-corrected chi connectivity index (χ0v) is 13.2. The van der Waals surface area contributed by atoms with Crippen LogP contribution in [0, 0.1) is 0 Å². The van der Waals surface area contributed by atoms with Crippen LogP contribution in [0.25, 0.3) is 0 Å². The lowest BCUT2D eigenvalue weighted by Crippen LogP contribution is -2.37. The summed E-state index contributed by atoms with van der Waals surface area (Å²) in [6.45, 7) is 2.90.